The summed E-state index contributed by atoms with van der Waals surface area (Å²) in [5.74, 6) is 0.546. The van der Waals surface area contributed by atoms with Crippen LogP contribution in [-0.4, -0.2) is 22.3 Å². The zero-order valence-corrected chi connectivity index (χ0v) is 16.4. The van der Waals surface area contributed by atoms with Gasteiger partial charge in [-0.15, -0.1) is 6.58 Å². The van der Waals surface area contributed by atoms with Crippen molar-refractivity contribution >= 4 is 9.76 Å². The smallest absolute Gasteiger partial charge is 0.398 e. The summed E-state index contributed by atoms with van der Waals surface area (Å²) in [6.07, 6.45) is 0. The van der Waals surface area contributed by atoms with Gasteiger partial charge in [-0.2, -0.15) is 0 Å². The van der Waals surface area contributed by atoms with Gasteiger partial charge in [0.15, 0.2) is 16.4 Å². The van der Waals surface area contributed by atoms with Crippen molar-refractivity contribution in [3.8, 4) is 17.2 Å². The van der Waals surface area contributed by atoms with Gasteiger partial charge in [-0.1, -0.05) is 60.3 Å². The van der Waals surface area contributed by atoms with Crippen LogP contribution in [0.25, 0.3) is 0 Å². The maximum atomic E-state index is 6.15. The van der Waals surface area contributed by atoms with Gasteiger partial charge in [0.2, 0.25) is 0 Å². The number of para-hydroxylation sites is 3. The molecule has 0 amide bonds. The molecule has 3 rings (SSSR count). The Bertz CT molecular complexity index is 768. The fourth-order valence-corrected chi connectivity index (χ4v) is 2.96. The molecule has 0 aliphatic carbocycles. The normalized spacial score (nSPS) is 11.3. The monoisotopic (exact) mass is 378 g/mol. The predicted octanol–water partition coefficient (Wildman–Crippen LogP) is 4.12. The molecule has 0 spiro atoms. The first kappa shape index (κ1) is 18.8. The lowest BCUT2D eigenvalue weighted by atomic mass is 10.3. The van der Waals surface area contributed by atoms with Crippen molar-refractivity contribution in [2.75, 3.05) is 6.61 Å². The maximum Gasteiger partial charge on any atom is 0.398 e. The van der Waals surface area contributed by atoms with Crippen molar-refractivity contribution < 1.29 is 18.6 Å². The number of ether oxygens (including phenoxy) is 3. The average molecular weight is 379 g/mol. The highest BCUT2D eigenvalue weighted by atomic mass is 28.2. The van der Waals surface area contributed by atoms with Crippen LogP contribution in [0.4, 0.5) is 0 Å². The topological polar surface area (TPSA) is 36.9 Å². The molecule has 0 bridgehead atoms. The second-order valence-electron chi connectivity index (χ2n) is 5.71. The van der Waals surface area contributed by atoms with Gasteiger partial charge in [0.05, 0.1) is 0 Å². The molecule has 0 atom stereocenters. The fourth-order valence-electron chi connectivity index (χ4n) is 2.39. The molecule has 138 valence electrons. The van der Waals surface area contributed by atoms with E-state index < -0.39 is 15.7 Å². The molecular formula is C22H22O4Si. The summed E-state index contributed by atoms with van der Waals surface area (Å²) in [6.45, 7) is 3.84. The van der Waals surface area contributed by atoms with Crippen molar-refractivity contribution in [2.45, 2.75) is 5.97 Å². The Morgan fingerprint density at radius 2 is 1.15 bits per heavy atom. The molecule has 0 aliphatic heterocycles. The van der Waals surface area contributed by atoms with Gasteiger partial charge in [-0.3, -0.25) is 0 Å². The Kier molecular flexibility index (Phi) is 6.68. The summed E-state index contributed by atoms with van der Waals surface area (Å²) in [5, 5.41) is 0. The van der Waals surface area contributed by atoms with Crippen molar-refractivity contribution in [3.63, 3.8) is 0 Å². The molecule has 0 saturated heterocycles. The molecule has 27 heavy (non-hydrogen) atoms. The van der Waals surface area contributed by atoms with Crippen LogP contribution >= 0.6 is 0 Å². The second-order valence-corrected chi connectivity index (χ2v) is 6.91. The molecule has 0 fully saturated rings. The minimum atomic E-state index is -1.42. The average Bonchev–Trinajstić information content (AvgIpc) is 2.73. The van der Waals surface area contributed by atoms with E-state index in [1.165, 1.54) is 0 Å². The van der Waals surface area contributed by atoms with Gasteiger partial charge in [0.25, 0.3) is 0 Å². The standard InChI is InChI=1S/C22H22O4Si/c1-2-27-26-22(24-20-14-8-4-9-15-20,25-21-16-10-5-11-17-21)18-23-19-12-6-3-7-13-19/h2-17H,1,18,27H2. The molecule has 0 aromatic heterocycles. The molecule has 0 saturated carbocycles. The number of benzene rings is 3. The van der Waals surface area contributed by atoms with Gasteiger partial charge in [0, 0.05) is 0 Å². The first-order chi connectivity index (χ1) is 13.3. The first-order valence-electron chi connectivity index (χ1n) is 8.70. The van der Waals surface area contributed by atoms with Gasteiger partial charge >= 0.3 is 5.97 Å². The van der Waals surface area contributed by atoms with Crippen molar-refractivity contribution in [1.82, 2.24) is 0 Å². The zero-order valence-electron chi connectivity index (χ0n) is 15.0. The van der Waals surface area contributed by atoms with Gasteiger partial charge in [-0.25, -0.2) is 0 Å². The minimum Gasteiger partial charge on any atom is -0.482 e. The quantitative estimate of drug-likeness (QED) is 0.393. The molecule has 0 N–H and O–H groups in total. The highest BCUT2D eigenvalue weighted by Crippen LogP contribution is 2.25. The lowest BCUT2D eigenvalue weighted by molar-refractivity contribution is -0.267. The van der Waals surface area contributed by atoms with Crippen LogP contribution < -0.4 is 14.2 Å². The van der Waals surface area contributed by atoms with Crippen LogP contribution in [-0.2, 0) is 4.43 Å². The SMILES string of the molecule is C=C[SiH2]OC(COc1ccccc1)(Oc1ccccc1)Oc1ccccc1. The molecule has 0 aliphatic rings. The molecule has 0 heterocycles. The zero-order chi connectivity index (χ0) is 18.8. The predicted molar refractivity (Wildman–Crippen MR) is 109 cm³/mol. The lowest BCUT2D eigenvalue weighted by Gasteiger charge is -2.33. The molecule has 3 aromatic carbocycles. The highest BCUT2D eigenvalue weighted by Gasteiger charge is 2.38. The molecule has 0 unspecified atom stereocenters. The lowest BCUT2D eigenvalue weighted by Crippen LogP contribution is -2.51. The van der Waals surface area contributed by atoms with Gasteiger partial charge in [-0.05, 0) is 36.4 Å². The van der Waals surface area contributed by atoms with E-state index in [1.54, 1.807) is 5.70 Å². The summed E-state index contributed by atoms with van der Waals surface area (Å²) >= 11 is 0. The Morgan fingerprint density at radius 3 is 1.59 bits per heavy atom. The molecular weight excluding hydrogens is 356 g/mol. The number of rotatable bonds is 10. The van der Waals surface area contributed by atoms with E-state index >= 15 is 0 Å². The second kappa shape index (κ2) is 9.61. The van der Waals surface area contributed by atoms with E-state index in [0.29, 0.717) is 17.2 Å². The third kappa shape index (κ3) is 5.74. The largest absolute Gasteiger partial charge is 0.482 e. The maximum absolute atomic E-state index is 6.15. The number of hydrogen-bond donors (Lipinski definition) is 0. The van der Waals surface area contributed by atoms with Gasteiger partial charge in [0.1, 0.15) is 17.2 Å². The molecule has 0 radical (unpaired) electrons. The third-order valence-corrected chi connectivity index (χ3v) is 4.46. The van der Waals surface area contributed by atoms with E-state index in [0.717, 1.165) is 0 Å². The van der Waals surface area contributed by atoms with E-state index in [-0.39, 0.29) is 6.61 Å². The Labute approximate surface area is 161 Å². The fraction of sp³-hybridized carbons (Fsp3) is 0.0909. The van der Waals surface area contributed by atoms with Crippen molar-refractivity contribution in [3.05, 3.63) is 103 Å². The van der Waals surface area contributed by atoms with E-state index in [2.05, 4.69) is 6.58 Å². The van der Waals surface area contributed by atoms with Crippen LogP contribution in [0, 0.1) is 0 Å². The summed E-state index contributed by atoms with van der Waals surface area (Å²) in [4.78, 5) is 0. The molecule has 3 aromatic rings. The van der Waals surface area contributed by atoms with Crippen LogP contribution in [0.3, 0.4) is 0 Å². The first-order valence-corrected chi connectivity index (χ1v) is 10.1. The Morgan fingerprint density at radius 1 is 0.704 bits per heavy atom. The van der Waals surface area contributed by atoms with E-state index in [1.807, 2.05) is 91.0 Å². The minimum absolute atomic E-state index is 0.0572. The van der Waals surface area contributed by atoms with E-state index in [9.17, 15) is 0 Å². The molecule has 5 heteroatoms. The summed E-state index contributed by atoms with van der Waals surface area (Å²) in [7, 11) is -1.08. The van der Waals surface area contributed by atoms with Crippen LogP contribution in [0.1, 0.15) is 0 Å². The molecule has 4 nitrogen and oxygen atoms in total. The third-order valence-electron chi connectivity index (χ3n) is 3.61. The summed E-state index contributed by atoms with van der Waals surface area (Å²) < 4.78 is 24.3. The summed E-state index contributed by atoms with van der Waals surface area (Å²) in [5.41, 5.74) is 1.78. The van der Waals surface area contributed by atoms with Crippen LogP contribution in [0.5, 0.6) is 17.2 Å². The van der Waals surface area contributed by atoms with Crippen molar-refractivity contribution in [2.24, 2.45) is 0 Å². The Balaban J connectivity index is 1.87. The van der Waals surface area contributed by atoms with Gasteiger partial charge < -0.3 is 18.6 Å². The highest BCUT2D eigenvalue weighted by molar-refractivity contribution is 6.34. The summed E-state index contributed by atoms with van der Waals surface area (Å²) in [6, 6.07) is 28.3. The Hall–Kier alpha value is -3.02. The van der Waals surface area contributed by atoms with Crippen molar-refractivity contribution in [1.29, 1.82) is 0 Å². The van der Waals surface area contributed by atoms with Crippen LogP contribution in [0.15, 0.2) is 103 Å². The van der Waals surface area contributed by atoms with E-state index in [4.69, 9.17) is 18.6 Å². The van der Waals surface area contributed by atoms with Crippen LogP contribution in [0.2, 0.25) is 0 Å². The number of hydrogen-bond acceptors (Lipinski definition) is 4.